The molecule has 3 aliphatic carbocycles. The van der Waals surface area contributed by atoms with E-state index in [1.807, 2.05) is 24.3 Å². The van der Waals surface area contributed by atoms with Crippen LogP contribution in [0.2, 0.25) is 0 Å². The Bertz CT molecular complexity index is 1160. The summed E-state index contributed by atoms with van der Waals surface area (Å²) in [4.78, 5) is 40.5. The first-order valence-electron chi connectivity index (χ1n) is 12.6. The summed E-state index contributed by atoms with van der Waals surface area (Å²) in [5.41, 5.74) is 2.39. The van der Waals surface area contributed by atoms with Crippen LogP contribution in [0, 0.1) is 5.92 Å². The number of nitrogens with one attached hydrogen (secondary N) is 1. The van der Waals surface area contributed by atoms with Crippen LogP contribution in [-0.4, -0.2) is 52.2 Å². The van der Waals surface area contributed by atoms with Gasteiger partial charge in [-0.25, -0.2) is 9.59 Å². The zero-order chi connectivity index (χ0) is 24.2. The van der Waals surface area contributed by atoms with Gasteiger partial charge in [0.05, 0.1) is 0 Å². The molecule has 2 aromatic rings. The number of hydrogen-bond donors (Lipinski definition) is 2. The molecular weight excluding hydrogens is 444 g/mol. The van der Waals surface area contributed by atoms with Crippen LogP contribution in [0.25, 0.3) is 11.1 Å². The average Bonchev–Trinajstić information content (AvgIpc) is 3.32. The maximum Gasteiger partial charge on any atom is 0.408 e. The third-order valence-corrected chi connectivity index (χ3v) is 8.66. The first-order chi connectivity index (χ1) is 17.0. The average molecular weight is 475 g/mol. The van der Waals surface area contributed by atoms with E-state index in [2.05, 4.69) is 29.6 Å². The van der Waals surface area contributed by atoms with E-state index in [1.54, 1.807) is 4.90 Å². The molecule has 0 unspecified atom stereocenters. The second-order valence-electron chi connectivity index (χ2n) is 10.5. The molecule has 7 heteroatoms. The maximum atomic E-state index is 13.8. The van der Waals surface area contributed by atoms with E-state index >= 15 is 0 Å². The molecule has 35 heavy (non-hydrogen) atoms. The number of carbonyl (C=O) groups excluding carboxylic acids is 2. The number of carbonyl (C=O) groups is 3. The Hall–Kier alpha value is -3.35. The first-order valence-corrected chi connectivity index (χ1v) is 12.6. The van der Waals surface area contributed by atoms with Gasteiger partial charge in [0.1, 0.15) is 17.7 Å². The van der Waals surface area contributed by atoms with Crippen LogP contribution >= 0.6 is 0 Å². The van der Waals surface area contributed by atoms with Gasteiger partial charge in [-0.3, -0.25) is 4.79 Å². The highest BCUT2D eigenvalue weighted by Crippen LogP contribution is 2.55. The van der Waals surface area contributed by atoms with Crippen LogP contribution in [0.5, 0.6) is 0 Å². The Morgan fingerprint density at radius 3 is 2.23 bits per heavy atom. The van der Waals surface area contributed by atoms with Crippen LogP contribution in [0.15, 0.2) is 48.5 Å². The first kappa shape index (κ1) is 22.1. The molecular formula is C28H30N2O5. The lowest BCUT2D eigenvalue weighted by Crippen LogP contribution is -2.63. The predicted octanol–water partition coefficient (Wildman–Crippen LogP) is 4.30. The van der Waals surface area contributed by atoms with Crippen molar-refractivity contribution in [2.75, 3.05) is 13.2 Å². The molecule has 3 fully saturated rings. The number of aliphatic carboxylic acids is 1. The van der Waals surface area contributed by atoms with E-state index in [4.69, 9.17) is 4.74 Å². The predicted molar refractivity (Wildman–Crippen MR) is 129 cm³/mol. The van der Waals surface area contributed by atoms with E-state index in [9.17, 15) is 19.5 Å². The van der Waals surface area contributed by atoms with Gasteiger partial charge in [-0.15, -0.1) is 0 Å². The van der Waals surface area contributed by atoms with Crippen molar-refractivity contribution in [3.05, 3.63) is 59.7 Å². The number of nitrogens with zero attached hydrogens (tertiary/aromatic N) is 1. The molecule has 2 amide bonds. The molecule has 182 valence electrons. The van der Waals surface area contributed by atoms with Crippen molar-refractivity contribution in [3.63, 3.8) is 0 Å². The second kappa shape index (κ2) is 8.11. The highest BCUT2D eigenvalue weighted by molar-refractivity contribution is 5.96. The molecule has 0 radical (unpaired) electrons. The van der Waals surface area contributed by atoms with E-state index in [-0.39, 0.29) is 24.3 Å². The van der Waals surface area contributed by atoms with E-state index in [0.29, 0.717) is 25.8 Å². The molecule has 4 aliphatic rings. The minimum absolute atomic E-state index is 0.0191. The van der Waals surface area contributed by atoms with Crippen LogP contribution in [0.1, 0.15) is 62.0 Å². The Balaban J connectivity index is 1.19. The lowest BCUT2D eigenvalue weighted by atomic mass is 9.92. The fourth-order valence-electron chi connectivity index (χ4n) is 6.80. The smallest absolute Gasteiger partial charge is 0.408 e. The minimum Gasteiger partial charge on any atom is -0.479 e. The van der Waals surface area contributed by atoms with Crippen molar-refractivity contribution in [2.24, 2.45) is 5.92 Å². The largest absolute Gasteiger partial charge is 0.479 e. The monoisotopic (exact) mass is 474 g/mol. The van der Waals surface area contributed by atoms with Gasteiger partial charge in [-0.2, -0.15) is 0 Å². The Kier molecular flexibility index (Phi) is 5.13. The fraction of sp³-hybridized carbons (Fsp3) is 0.464. The van der Waals surface area contributed by atoms with Crippen molar-refractivity contribution < 1.29 is 24.2 Å². The van der Waals surface area contributed by atoms with Gasteiger partial charge in [0.15, 0.2) is 0 Å². The summed E-state index contributed by atoms with van der Waals surface area (Å²) in [7, 11) is 0. The summed E-state index contributed by atoms with van der Waals surface area (Å²) in [6.07, 6.45) is 4.17. The van der Waals surface area contributed by atoms with Crippen LogP contribution in [-0.2, 0) is 14.3 Å². The second-order valence-corrected chi connectivity index (χ2v) is 10.5. The topological polar surface area (TPSA) is 95.9 Å². The summed E-state index contributed by atoms with van der Waals surface area (Å²) in [6, 6.07) is 16.3. The highest BCUT2D eigenvalue weighted by Gasteiger charge is 2.68. The van der Waals surface area contributed by atoms with E-state index in [1.165, 1.54) is 0 Å². The fourth-order valence-corrected chi connectivity index (χ4v) is 6.80. The van der Waals surface area contributed by atoms with Gasteiger partial charge < -0.3 is 20.1 Å². The van der Waals surface area contributed by atoms with Gasteiger partial charge in [-0.1, -0.05) is 61.4 Å². The highest BCUT2D eigenvalue weighted by atomic mass is 16.5. The summed E-state index contributed by atoms with van der Waals surface area (Å²) in [6.45, 7) is 0.602. The number of carboxylic acid groups (broad SMARTS) is 1. The molecule has 1 saturated heterocycles. The van der Waals surface area contributed by atoms with Gasteiger partial charge in [0.25, 0.3) is 0 Å². The Labute approximate surface area is 204 Å². The number of amides is 2. The minimum atomic E-state index is -1.09. The number of benzene rings is 2. The molecule has 2 atom stereocenters. The molecule has 2 N–H and O–H groups in total. The summed E-state index contributed by atoms with van der Waals surface area (Å²) in [5.74, 6) is -1.23. The van der Waals surface area contributed by atoms with Gasteiger partial charge in [0, 0.05) is 12.5 Å². The molecule has 0 spiro atoms. The molecule has 2 aromatic carbocycles. The lowest BCUT2D eigenvalue weighted by molar-refractivity contribution is -0.157. The number of alkyl carbamates (subject to hydrolysis) is 1. The Morgan fingerprint density at radius 1 is 0.971 bits per heavy atom. The molecule has 0 bridgehead atoms. The number of carboxylic acids is 1. The number of ether oxygens (including phenoxy) is 1. The van der Waals surface area contributed by atoms with Crippen molar-refractivity contribution >= 4 is 18.0 Å². The molecule has 6 rings (SSSR count). The number of fused-ring (bicyclic) bond motifs is 4. The van der Waals surface area contributed by atoms with Crippen LogP contribution in [0.3, 0.4) is 0 Å². The quantitative estimate of drug-likeness (QED) is 0.674. The summed E-state index contributed by atoms with van der Waals surface area (Å²) in [5, 5.41) is 12.8. The lowest BCUT2D eigenvalue weighted by Gasteiger charge is -2.40. The SMILES string of the molecule is O=C(NC1(C(=O)N2CCC[C@@H]3C[C@@]32C(=O)O)CCCC1)OCC1c2ccccc2-c2ccccc21. The van der Waals surface area contributed by atoms with Gasteiger partial charge >= 0.3 is 12.1 Å². The number of hydrogen-bond acceptors (Lipinski definition) is 4. The normalized spacial score (nSPS) is 25.8. The summed E-state index contributed by atoms with van der Waals surface area (Å²) >= 11 is 0. The van der Waals surface area contributed by atoms with Crippen molar-refractivity contribution in [1.82, 2.24) is 10.2 Å². The third-order valence-electron chi connectivity index (χ3n) is 8.66. The molecule has 0 aromatic heterocycles. The third kappa shape index (κ3) is 3.35. The van der Waals surface area contributed by atoms with Crippen LogP contribution in [0.4, 0.5) is 4.79 Å². The molecule has 2 saturated carbocycles. The molecule has 7 nitrogen and oxygen atoms in total. The van der Waals surface area contributed by atoms with E-state index in [0.717, 1.165) is 47.9 Å². The number of likely N-dealkylation sites (tertiary alicyclic amines) is 1. The van der Waals surface area contributed by atoms with Crippen molar-refractivity contribution in [2.45, 2.75) is 61.9 Å². The maximum absolute atomic E-state index is 13.8. The molecule has 1 heterocycles. The number of rotatable bonds is 5. The van der Waals surface area contributed by atoms with Crippen LogP contribution < -0.4 is 5.32 Å². The van der Waals surface area contributed by atoms with Gasteiger partial charge in [0.2, 0.25) is 5.91 Å². The zero-order valence-electron chi connectivity index (χ0n) is 19.7. The van der Waals surface area contributed by atoms with Crippen molar-refractivity contribution in [1.29, 1.82) is 0 Å². The van der Waals surface area contributed by atoms with Gasteiger partial charge in [-0.05, 0) is 60.3 Å². The van der Waals surface area contributed by atoms with Crippen molar-refractivity contribution in [3.8, 4) is 11.1 Å². The Morgan fingerprint density at radius 2 is 1.60 bits per heavy atom. The zero-order valence-corrected chi connectivity index (χ0v) is 19.7. The number of piperidine rings is 1. The molecule has 1 aliphatic heterocycles. The van der Waals surface area contributed by atoms with E-state index < -0.39 is 23.1 Å². The standard InChI is InChI=1S/C28H30N2O5/c31-24(30-15-7-8-18-16-28(18,30)25(32)33)27(13-5-6-14-27)29-26(34)35-17-23-21-11-3-1-9-19(21)20-10-2-4-12-22(20)23/h1-4,9-12,18,23H,5-8,13-17H2,(H,29,34)(H,32,33)/t18-,28+/m1/s1. The summed E-state index contributed by atoms with van der Waals surface area (Å²) < 4.78 is 5.74.